The van der Waals surface area contributed by atoms with E-state index in [1.165, 1.54) is 37.8 Å². The number of hydrogen-bond donors (Lipinski definition) is 1. The Balaban J connectivity index is 1.51. The first-order chi connectivity index (χ1) is 10.1. The molecule has 0 aromatic heterocycles. The Kier molecular flexibility index (Phi) is 4.97. The Hall–Kier alpha value is -0.450. The number of halogens is 2. The molecule has 3 rings (SSSR count). The van der Waals surface area contributed by atoms with E-state index >= 15 is 0 Å². The van der Waals surface area contributed by atoms with E-state index in [-0.39, 0.29) is 5.82 Å². The lowest BCUT2D eigenvalue weighted by Gasteiger charge is -2.36. The number of nitrogens with zero attached hydrogens (tertiary/aromatic N) is 1. The molecule has 1 aromatic carbocycles. The first kappa shape index (κ1) is 15.4. The van der Waals surface area contributed by atoms with E-state index in [2.05, 4.69) is 33.1 Å². The summed E-state index contributed by atoms with van der Waals surface area (Å²) < 4.78 is 13.9. The number of benzene rings is 1. The molecule has 1 atom stereocenters. The average molecular weight is 355 g/mol. The maximum Gasteiger partial charge on any atom is 0.137 e. The van der Waals surface area contributed by atoms with Crippen molar-refractivity contribution in [2.45, 2.75) is 44.7 Å². The summed E-state index contributed by atoms with van der Waals surface area (Å²) in [7, 11) is 0. The molecule has 1 aliphatic carbocycles. The highest BCUT2D eigenvalue weighted by molar-refractivity contribution is 9.10. The number of rotatable bonds is 5. The molecule has 0 bridgehead atoms. The molecule has 116 valence electrons. The van der Waals surface area contributed by atoms with Gasteiger partial charge in [-0.15, -0.1) is 0 Å². The van der Waals surface area contributed by atoms with Gasteiger partial charge in [0.05, 0.1) is 4.47 Å². The zero-order valence-electron chi connectivity index (χ0n) is 12.6. The van der Waals surface area contributed by atoms with Gasteiger partial charge < -0.3 is 5.32 Å². The van der Waals surface area contributed by atoms with Crippen LogP contribution in [0, 0.1) is 11.7 Å². The summed E-state index contributed by atoms with van der Waals surface area (Å²) in [6, 6.07) is 6.42. The highest BCUT2D eigenvalue weighted by atomic mass is 79.9. The van der Waals surface area contributed by atoms with E-state index in [1.807, 2.05) is 12.1 Å². The van der Waals surface area contributed by atoms with Gasteiger partial charge in [0.2, 0.25) is 0 Å². The average Bonchev–Trinajstić information content (AvgIpc) is 3.32. The van der Waals surface area contributed by atoms with E-state index in [0.29, 0.717) is 16.6 Å². The molecule has 0 spiro atoms. The van der Waals surface area contributed by atoms with Crippen LogP contribution < -0.4 is 5.32 Å². The van der Waals surface area contributed by atoms with E-state index in [1.54, 1.807) is 6.07 Å². The van der Waals surface area contributed by atoms with Crippen molar-refractivity contribution >= 4 is 15.9 Å². The minimum absolute atomic E-state index is 0.186. The molecule has 1 saturated heterocycles. The van der Waals surface area contributed by atoms with E-state index in [0.717, 1.165) is 19.0 Å². The van der Waals surface area contributed by atoms with E-state index < -0.39 is 0 Å². The van der Waals surface area contributed by atoms with Gasteiger partial charge >= 0.3 is 0 Å². The molecule has 1 unspecified atom stereocenters. The quantitative estimate of drug-likeness (QED) is 0.855. The van der Waals surface area contributed by atoms with Gasteiger partial charge in [0.25, 0.3) is 0 Å². The van der Waals surface area contributed by atoms with Crippen LogP contribution in [-0.4, -0.2) is 30.6 Å². The van der Waals surface area contributed by atoms with Crippen LogP contribution in [0.25, 0.3) is 0 Å². The third-order valence-electron chi connectivity index (χ3n) is 4.90. The first-order valence-electron chi connectivity index (χ1n) is 8.06. The Morgan fingerprint density at radius 2 is 2.00 bits per heavy atom. The topological polar surface area (TPSA) is 15.3 Å². The summed E-state index contributed by atoms with van der Waals surface area (Å²) in [4.78, 5) is 2.51. The Bertz CT molecular complexity index is 482. The van der Waals surface area contributed by atoms with Crippen molar-refractivity contribution < 1.29 is 4.39 Å². The van der Waals surface area contributed by atoms with Crippen LogP contribution in [0.3, 0.4) is 0 Å². The second-order valence-electron chi connectivity index (χ2n) is 6.51. The molecule has 1 heterocycles. The summed E-state index contributed by atoms with van der Waals surface area (Å²) in [6.07, 6.45) is 5.28. The van der Waals surface area contributed by atoms with Crippen LogP contribution in [0.1, 0.15) is 44.2 Å². The minimum atomic E-state index is -0.186. The molecule has 1 aliphatic heterocycles. The van der Waals surface area contributed by atoms with Crippen molar-refractivity contribution in [1.82, 2.24) is 10.2 Å². The SMILES string of the molecule is CC(c1ccc(F)c(Br)c1)N1CCC(NCC2CC2)CC1. The highest BCUT2D eigenvalue weighted by Gasteiger charge is 2.26. The van der Waals surface area contributed by atoms with Crippen molar-refractivity contribution in [3.63, 3.8) is 0 Å². The molecule has 1 aromatic rings. The van der Waals surface area contributed by atoms with Gasteiger partial charge in [-0.2, -0.15) is 0 Å². The number of likely N-dealkylation sites (tertiary alicyclic amines) is 1. The Morgan fingerprint density at radius 3 is 2.62 bits per heavy atom. The summed E-state index contributed by atoms with van der Waals surface area (Å²) in [5.41, 5.74) is 1.19. The fourth-order valence-corrected chi connectivity index (χ4v) is 3.53. The van der Waals surface area contributed by atoms with Crippen LogP contribution in [0.4, 0.5) is 4.39 Å². The maximum atomic E-state index is 13.3. The zero-order chi connectivity index (χ0) is 14.8. The second-order valence-corrected chi connectivity index (χ2v) is 7.37. The number of piperidine rings is 1. The molecule has 1 N–H and O–H groups in total. The molecule has 1 saturated carbocycles. The van der Waals surface area contributed by atoms with Crippen molar-refractivity contribution in [3.05, 3.63) is 34.1 Å². The smallest absolute Gasteiger partial charge is 0.137 e. The van der Waals surface area contributed by atoms with Crippen molar-refractivity contribution in [1.29, 1.82) is 0 Å². The lowest BCUT2D eigenvalue weighted by atomic mass is 10.00. The third kappa shape index (κ3) is 4.05. The second kappa shape index (κ2) is 6.76. The summed E-state index contributed by atoms with van der Waals surface area (Å²) in [5, 5.41) is 3.72. The summed E-state index contributed by atoms with van der Waals surface area (Å²) >= 11 is 3.28. The molecular weight excluding hydrogens is 331 g/mol. The monoisotopic (exact) mass is 354 g/mol. The Labute approximate surface area is 135 Å². The van der Waals surface area contributed by atoms with Gasteiger partial charge in [-0.05, 0) is 78.7 Å². The molecule has 0 amide bonds. The lowest BCUT2D eigenvalue weighted by Crippen LogP contribution is -2.43. The molecular formula is C17H24BrFN2. The van der Waals surface area contributed by atoms with Crippen molar-refractivity contribution in [3.8, 4) is 0 Å². The lowest BCUT2D eigenvalue weighted by molar-refractivity contribution is 0.152. The van der Waals surface area contributed by atoms with Gasteiger partial charge in [0.15, 0.2) is 0 Å². The van der Waals surface area contributed by atoms with Crippen molar-refractivity contribution in [2.75, 3.05) is 19.6 Å². The van der Waals surface area contributed by atoms with Crippen LogP contribution in [0.15, 0.2) is 22.7 Å². The summed E-state index contributed by atoms with van der Waals surface area (Å²) in [5.74, 6) is 0.771. The maximum absolute atomic E-state index is 13.3. The minimum Gasteiger partial charge on any atom is -0.314 e. The molecule has 4 heteroatoms. The van der Waals surface area contributed by atoms with Gasteiger partial charge in [0, 0.05) is 25.2 Å². The molecule has 2 fully saturated rings. The van der Waals surface area contributed by atoms with Gasteiger partial charge in [-0.1, -0.05) is 6.07 Å². The predicted molar refractivity (Wildman–Crippen MR) is 87.8 cm³/mol. The number of hydrogen-bond acceptors (Lipinski definition) is 2. The normalized spacial score (nSPS) is 22.4. The molecule has 0 radical (unpaired) electrons. The Morgan fingerprint density at radius 1 is 1.29 bits per heavy atom. The molecule has 2 aliphatic rings. The van der Waals surface area contributed by atoms with Crippen LogP contribution in [-0.2, 0) is 0 Å². The standard InChI is InChI=1S/C17H24BrFN2/c1-12(14-4-5-17(19)16(18)10-14)21-8-6-15(7-9-21)20-11-13-2-3-13/h4-5,10,12-13,15,20H,2-3,6-9,11H2,1H3. The third-order valence-corrected chi connectivity index (χ3v) is 5.50. The largest absolute Gasteiger partial charge is 0.314 e. The molecule has 2 nitrogen and oxygen atoms in total. The fourth-order valence-electron chi connectivity index (χ4n) is 3.13. The van der Waals surface area contributed by atoms with Gasteiger partial charge in [-0.3, -0.25) is 4.90 Å². The predicted octanol–water partition coefficient (Wildman–Crippen LogP) is 4.11. The van der Waals surface area contributed by atoms with Crippen LogP contribution in [0.2, 0.25) is 0 Å². The summed E-state index contributed by atoms with van der Waals surface area (Å²) in [6.45, 7) is 5.68. The highest BCUT2D eigenvalue weighted by Crippen LogP contribution is 2.29. The van der Waals surface area contributed by atoms with Crippen LogP contribution >= 0.6 is 15.9 Å². The first-order valence-corrected chi connectivity index (χ1v) is 8.85. The number of nitrogens with one attached hydrogen (secondary N) is 1. The molecule has 21 heavy (non-hydrogen) atoms. The van der Waals surface area contributed by atoms with Gasteiger partial charge in [-0.25, -0.2) is 4.39 Å². The van der Waals surface area contributed by atoms with Crippen molar-refractivity contribution in [2.24, 2.45) is 5.92 Å². The van der Waals surface area contributed by atoms with Crippen LogP contribution in [0.5, 0.6) is 0 Å². The fraction of sp³-hybridized carbons (Fsp3) is 0.647. The zero-order valence-corrected chi connectivity index (χ0v) is 14.2. The van der Waals surface area contributed by atoms with Gasteiger partial charge in [0.1, 0.15) is 5.82 Å². The van der Waals surface area contributed by atoms with E-state index in [4.69, 9.17) is 0 Å². The van der Waals surface area contributed by atoms with E-state index in [9.17, 15) is 4.39 Å².